The van der Waals surface area contributed by atoms with E-state index in [0.717, 1.165) is 11.1 Å². The minimum Gasteiger partial charge on any atom is -0.277 e. The van der Waals surface area contributed by atoms with Crippen LogP contribution in [0.25, 0.3) is 11.5 Å². The molecular formula is C18H21N5O3S. The third kappa shape index (κ3) is 3.99. The molecule has 0 amide bonds. The highest BCUT2D eigenvalue weighted by molar-refractivity contribution is 7.89. The fourth-order valence-corrected chi connectivity index (χ4v) is 3.71. The lowest BCUT2D eigenvalue weighted by Gasteiger charge is -2.08. The van der Waals surface area contributed by atoms with Gasteiger partial charge in [-0.25, -0.2) is 22.6 Å². The molecule has 1 aromatic carbocycles. The van der Waals surface area contributed by atoms with Gasteiger partial charge in [0.05, 0.1) is 11.4 Å². The van der Waals surface area contributed by atoms with Gasteiger partial charge >= 0.3 is 5.69 Å². The lowest BCUT2D eigenvalue weighted by atomic mass is 10.1. The molecule has 8 nitrogen and oxygen atoms in total. The second kappa shape index (κ2) is 7.45. The van der Waals surface area contributed by atoms with Crippen LogP contribution in [0.5, 0.6) is 0 Å². The number of rotatable bonds is 6. The molecule has 3 aromatic rings. The lowest BCUT2D eigenvalue weighted by molar-refractivity contribution is 0.550. The van der Waals surface area contributed by atoms with E-state index >= 15 is 0 Å². The normalized spacial score (nSPS) is 11.7. The number of hydrogen-bond acceptors (Lipinski definition) is 5. The summed E-state index contributed by atoms with van der Waals surface area (Å²) in [4.78, 5) is 16.7. The van der Waals surface area contributed by atoms with Crippen molar-refractivity contribution in [2.24, 2.45) is 7.05 Å². The quantitative estimate of drug-likeness (QED) is 0.686. The van der Waals surface area contributed by atoms with E-state index in [1.54, 1.807) is 43.6 Å². The van der Waals surface area contributed by atoms with Gasteiger partial charge in [-0.1, -0.05) is 12.1 Å². The molecule has 0 atom stereocenters. The van der Waals surface area contributed by atoms with Crippen molar-refractivity contribution in [3.63, 3.8) is 0 Å². The SMILES string of the molecule is Cc1ccc(S(=O)(=O)NCCn2nc(-c3ccccn3)n(C)c2=O)cc1C. The zero-order valence-electron chi connectivity index (χ0n) is 15.4. The average Bonchev–Trinajstić information content (AvgIpc) is 2.93. The monoisotopic (exact) mass is 387 g/mol. The molecule has 0 saturated heterocycles. The molecule has 0 aliphatic rings. The molecule has 3 rings (SSSR count). The minimum absolute atomic E-state index is 0.0494. The van der Waals surface area contributed by atoms with Crippen molar-refractivity contribution in [3.05, 3.63) is 64.2 Å². The molecule has 0 aliphatic carbocycles. The number of pyridine rings is 1. The molecule has 1 N–H and O–H groups in total. The molecule has 0 unspecified atom stereocenters. The third-order valence-corrected chi connectivity index (χ3v) is 5.80. The number of aromatic nitrogens is 4. The number of hydrogen-bond donors (Lipinski definition) is 1. The van der Waals surface area contributed by atoms with E-state index in [-0.39, 0.29) is 23.7 Å². The number of sulfonamides is 1. The summed E-state index contributed by atoms with van der Waals surface area (Å²) in [5, 5.41) is 4.27. The van der Waals surface area contributed by atoms with Gasteiger partial charge in [0, 0.05) is 19.8 Å². The topological polar surface area (TPSA) is 98.9 Å². The maximum Gasteiger partial charge on any atom is 0.346 e. The standard InChI is InChI=1S/C18H21N5O3S/c1-13-7-8-15(12-14(13)2)27(25,26)20-10-11-23-18(24)22(3)17(21-23)16-6-4-5-9-19-16/h4-9,12,20H,10-11H2,1-3H3. The van der Waals surface area contributed by atoms with Gasteiger partial charge in [-0.05, 0) is 49.2 Å². The molecular weight excluding hydrogens is 366 g/mol. The van der Waals surface area contributed by atoms with Gasteiger partial charge in [0.25, 0.3) is 0 Å². The fraction of sp³-hybridized carbons (Fsp3) is 0.278. The van der Waals surface area contributed by atoms with Crippen LogP contribution in [0, 0.1) is 13.8 Å². The molecule has 0 fully saturated rings. The Morgan fingerprint density at radius 2 is 1.89 bits per heavy atom. The Kier molecular flexibility index (Phi) is 5.24. The highest BCUT2D eigenvalue weighted by atomic mass is 32.2. The summed E-state index contributed by atoms with van der Waals surface area (Å²) in [6.07, 6.45) is 1.62. The summed E-state index contributed by atoms with van der Waals surface area (Å²) in [7, 11) is -2.04. The summed E-state index contributed by atoms with van der Waals surface area (Å²) in [6.45, 7) is 3.95. The van der Waals surface area contributed by atoms with Gasteiger partial charge in [0.2, 0.25) is 10.0 Å². The van der Waals surface area contributed by atoms with Crippen LogP contribution in [-0.4, -0.2) is 34.3 Å². The first-order valence-electron chi connectivity index (χ1n) is 8.42. The zero-order valence-corrected chi connectivity index (χ0v) is 16.2. The van der Waals surface area contributed by atoms with Crippen LogP contribution in [0.1, 0.15) is 11.1 Å². The molecule has 27 heavy (non-hydrogen) atoms. The average molecular weight is 387 g/mol. The molecule has 142 valence electrons. The van der Waals surface area contributed by atoms with E-state index < -0.39 is 10.0 Å². The van der Waals surface area contributed by atoms with Gasteiger partial charge in [0.15, 0.2) is 5.82 Å². The van der Waals surface area contributed by atoms with Gasteiger partial charge in [-0.15, -0.1) is 5.10 Å². The Bertz CT molecular complexity index is 1120. The van der Waals surface area contributed by atoms with Gasteiger partial charge in [0.1, 0.15) is 5.69 Å². The van der Waals surface area contributed by atoms with E-state index in [9.17, 15) is 13.2 Å². The van der Waals surface area contributed by atoms with Crippen molar-refractivity contribution in [1.82, 2.24) is 24.1 Å². The fourth-order valence-electron chi connectivity index (χ4n) is 2.60. The second-order valence-electron chi connectivity index (χ2n) is 6.25. The van der Waals surface area contributed by atoms with Crippen LogP contribution in [0.15, 0.2) is 52.3 Å². The van der Waals surface area contributed by atoms with Crippen molar-refractivity contribution in [1.29, 1.82) is 0 Å². The molecule has 0 bridgehead atoms. The predicted octanol–water partition coefficient (Wildman–Crippen LogP) is 1.24. The first kappa shape index (κ1) is 19.0. The lowest BCUT2D eigenvalue weighted by Crippen LogP contribution is -2.31. The van der Waals surface area contributed by atoms with Crippen LogP contribution in [0.2, 0.25) is 0 Å². The Morgan fingerprint density at radius 1 is 1.11 bits per heavy atom. The van der Waals surface area contributed by atoms with Crippen molar-refractivity contribution in [2.75, 3.05) is 6.54 Å². The Labute approximate surface area is 157 Å². The van der Waals surface area contributed by atoms with Crippen LogP contribution in [0.3, 0.4) is 0 Å². The number of nitrogens with zero attached hydrogens (tertiary/aromatic N) is 4. The Morgan fingerprint density at radius 3 is 2.56 bits per heavy atom. The maximum atomic E-state index is 12.4. The maximum absolute atomic E-state index is 12.4. The molecule has 9 heteroatoms. The molecule has 0 radical (unpaired) electrons. The minimum atomic E-state index is -3.65. The number of benzene rings is 1. The zero-order chi connectivity index (χ0) is 19.6. The number of aryl methyl sites for hydroxylation is 2. The van der Waals surface area contributed by atoms with E-state index in [0.29, 0.717) is 11.5 Å². The summed E-state index contributed by atoms with van der Waals surface area (Å²) in [6, 6.07) is 10.3. The van der Waals surface area contributed by atoms with Crippen molar-refractivity contribution < 1.29 is 8.42 Å². The van der Waals surface area contributed by atoms with Crippen LogP contribution in [-0.2, 0) is 23.6 Å². The van der Waals surface area contributed by atoms with Crippen LogP contribution < -0.4 is 10.4 Å². The van der Waals surface area contributed by atoms with E-state index in [4.69, 9.17) is 0 Å². The molecule has 2 aromatic heterocycles. The van der Waals surface area contributed by atoms with E-state index in [2.05, 4.69) is 14.8 Å². The largest absolute Gasteiger partial charge is 0.346 e. The first-order valence-corrected chi connectivity index (χ1v) is 9.90. The molecule has 0 spiro atoms. The van der Waals surface area contributed by atoms with E-state index in [1.165, 1.54) is 9.25 Å². The molecule has 0 aliphatic heterocycles. The Balaban J connectivity index is 1.74. The number of nitrogens with one attached hydrogen (secondary N) is 1. The summed E-state index contributed by atoms with van der Waals surface area (Å²) in [5.74, 6) is 0.428. The smallest absolute Gasteiger partial charge is 0.277 e. The summed E-state index contributed by atoms with van der Waals surface area (Å²) >= 11 is 0. The molecule has 2 heterocycles. The summed E-state index contributed by atoms with van der Waals surface area (Å²) in [5.41, 5.74) is 2.17. The second-order valence-corrected chi connectivity index (χ2v) is 8.01. The first-order chi connectivity index (χ1) is 12.8. The van der Waals surface area contributed by atoms with E-state index in [1.807, 2.05) is 19.9 Å². The summed E-state index contributed by atoms with van der Waals surface area (Å²) < 4.78 is 30.0. The van der Waals surface area contributed by atoms with Gasteiger partial charge in [-0.2, -0.15) is 0 Å². The van der Waals surface area contributed by atoms with Crippen molar-refractivity contribution in [3.8, 4) is 11.5 Å². The highest BCUT2D eigenvalue weighted by Crippen LogP contribution is 2.14. The molecule has 0 saturated carbocycles. The van der Waals surface area contributed by atoms with Crippen LogP contribution >= 0.6 is 0 Å². The van der Waals surface area contributed by atoms with Gasteiger partial charge in [-0.3, -0.25) is 9.55 Å². The van der Waals surface area contributed by atoms with Crippen molar-refractivity contribution in [2.45, 2.75) is 25.3 Å². The predicted molar refractivity (Wildman–Crippen MR) is 102 cm³/mol. The van der Waals surface area contributed by atoms with Gasteiger partial charge < -0.3 is 0 Å². The van der Waals surface area contributed by atoms with Crippen LogP contribution in [0.4, 0.5) is 0 Å². The van der Waals surface area contributed by atoms with Crippen molar-refractivity contribution >= 4 is 10.0 Å². The third-order valence-electron chi connectivity index (χ3n) is 4.34. The Hall–Kier alpha value is -2.78. The highest BCUT2D eigenvalue weighted by Gasteiger charge is 2.16.